The fourth-order valence-electron chi connectivity index (χ4n) is 4.22. The summed E-state index contributed by atoms with van der Waals surface area (Å²) in [5.41, 5.74) is -0.146. The van der Waals surface area contributed by atoms with Crippen LogP contribution in [-0.2, 0) is 25.9 Å². The Kier molecular flexibility index (Phi) is 5.09. The molecule has 4 heterocycles. The maximum absolute atomic E-state index is 13.0. The smallest absolute Gasteiger partial charge is 0.336 e. The zero-order valence-electron chi connectivity index (χ0n) is 15.9. The monoisotopic (exact) mass is 373 g/mol. The van der Waals surface area contributed by atoms with E-state index in [1.807, 2.05) is 16.4 Å². The number of carbonyl (C=O) groups excluding carboxylic acids is 1. The highest BCUT2D eigenvalue weighted by atomic mass is 16.2. The van der Waals surface area contributed by atoms with Gasteiger partial charge < -0.3 is 9.47 Å². The molecule has 1 fully saturated rings. The highest BCUT2D eigenvalue weighted by Crippen LogP contribution is 2.23. The summed E-state index contributed by atoms with van der Waals surface area (Å²) in [6.07, 6.45) is 6.89. The standard InChI is InChI=1S/C18H27N7O2/c1-2-24-15(20-22-18(24)27)12-13-7-10-23(11-8-13)17(26)16-21-19-14-6-4-3-5-9-25(14)16/h13H,2-12H2,1H3,(H,22,27). The Labute approximate surface area is 157 Å². The molecule has 146 valence electrons. The van der Waals surface area contributed by atoms with Gasteiger partial charge in [0.25, 0.3) is 5.91 Å². The Hall–Kier alpha value is -2.45. The highest BCUT2D eigenvalue weighted by molar-refractivity contribution is 5.90. The highest BCUT2D eigenvalue weighted by Gasteiger charge is 2.29. The second kappa shape index (κ2) is 7.66. The Balaban J connectivity index is 1.38. The van der Waals surface area contributed by atoms with E-state index >= 15 is 0 Å². The van der Waals surface area contributed by atoms with Gasteiger partial charge in [-0.25, -0.2) is 9.89 Å². The third kappa shape index (κ3) is 3.54. The van der Waals surface area contributed by atoms with Gasteiger partial charge in [0.15, 0.2) is 0 Å². The second-order valence-corrected chi connectivity index (χ2v) is 7.53. The molecule has 0 radical (unpaired) electrons. The lowest BCUT2D eigenvalue weighted by atomic mass is 9.93. The molecule has 2 aromatic heterocycles. The lowest BCUT2D eigenvalue weighted by molar-refractivity contribution is 0.0671. The number of aromatic amines is 1. The number of nitrogens with one attached hydrogen (secondary N) is 1. The van der Waals surface area contributed by atoms with E-state index in [0.717, 1.165) is 56.7 Å². The molecule has 1 amide bonds. The number of fused-ring (bicyclic) bond motifs is 1. The van der Waals surface area contributed by atoms with Crippen molar-refractivity contribution in [3.63, 3.8) is 0 Å². The number of nitrogens with zero attached hydrogens (tertiary/aromatic N) is 6. The van der Waals surface area contributed by atoms with Gasteiger partial charge in [0.2, 0.25) is 5.82 Å². The molecule has 0 bridgehead atoms. The number of aryl methyl sites for hydroxylation is 1. The SMILES string of the molecule is CCn1c(CC2CCN(C(=O)c3nnc4n3CCCCC4)CC2)n[nH]c1=O. The second-order valence-electron chi connectivity index (χ2n) is 7.53. The minimum absolute atomic E-state index is 0.000615. The van der Waals surface area contributed by atoms with E-state index in [1.165, 1.54) is 6.42 Å². The summed E-state index contributed by atoms with van der Waals surface area (Å²) in [5, 5.41) is 15.1. The molecule has 0 aliphatic carbocycles. The first kappa shape index (κ1) is 17.9. The van der Waals surface area contributed by atoms with E-state index in [0.29, 0.717) is 31.4 Å². The zero-order chi connectivity index (χ0) is 18.8. The Bertz CT molecular complexity index is 857. The van der Waals surface area contributed by atoms with Crippen LogP contribution in [0, 0.1) is 5.92 Å². The lowest BCUT2D eigenvalue weighted by Gasteiger charge is -2.31. The minimum Gasteiger partial charge on any atom is -0.336 e. The number of carbonyl (C=O) groups is 1. The van der Waals surface area contributed by atoms with Gasteiger partial charge in [-0.3, -0.25) is 9.36 Å². The summed E-state index contributed by atoms with van der Waals surface area (Å²) < 4.78 is 3.70. The summed E-state index contributed by atoms with van der Waals surface area (Å²) >= 11 is 0. The first-order valence-electron chi connectivity index (χ1n) is 10.0. The van der Waals surface area contributed by atoms with E-state index in [-0.39, 0.29) is 11.6 Å². The van der Waals surface area contributed by atoms with Gasteiger partial charge in [0, 0.05) is 39.0 Å². The summed E-state index contributed by atoms with van der Waals surface area (Å²) in [4.78, 5) is 26.6. The fraction of sp³-hybridized carbons (Fsp3) is 0.722. The molecule has 0 spiro atoms. The molecule has 0 unspecified atom stereocenters. The van der Waals surface area contributed by atoms with E-state index in [4.69, 9.17) is 0 Å². The molecule has 2 aliphatic heterocycles. The van der Waals surface area contributed by atoms with Crippen molar-refractivity contribution in [2.45, 2.75) is 65.0 Å². The number of H-pyrrole nitrogens is 1. The van der Waals surface area contributed by atoms with Crippen LogP contribution < -0.4 is 5.69 Å². The summed E-state index contributed by atoms with van der Waals surface area (Å²) in [6.45, 7) is 4.84. The number of hydrogen-bond donors (Lipinski definition) is 1. The average Bonchev–Trinajstić information content (AvgIpc) is 3.16. The molecule has 2 aliphatic rings. The van der Waals surface area contributed by atoms with Crippen LogP contribution in [-0.4, -0.2) is 53.4 Å². The molecule has 9 nitrogen and oxygen atoms in total. The van der Waals surface area contributed by atoms with Gasteiger partial charge in [-0.05, 0) is 38.5 Å². The first-order valence-corrected chi connectivity index (χ1v) is 10.0. The average molecular weight is 373 g/mol. The van der Waals surface area contributed by atoms with Gasteiger partial charge >= 0.3 is 5.69 Å². The number of rotatable bonds is 4. The van der Waals surface area contributed by atoms with Gasteiger partial charge in [-0.1, -0.05) is 6.42 Å². The van der Waals surface area contributed by atoms with Gasteiger partial charge in [-0.2, -0.15) is 5.10 Å². The summed E-state index contributed by atoms with van der Waals surface area (Å²) in [7, 11) is 0. The predicted octanol–water partition coefficient (Wildman–Crippen LogP) is 1.00. The summed E-state index contributed by atoms with van der Waals surface area (Å²) in [5.74, 6) is 2.69. The molecule has 9 heteroatoms. The zero-order valence-corrected chi connectivity index (χ0v) is 15.9. The van der Waals surface area contributed by atoms with Crippen LogP contribution >= 0.6 is 0 Å². The van der Waals surface area contributed by atoms with Gasteiger partial charge in [0.1, 0.15) is 11.6 Å². The van der Waals surface area contributed by atoms with Crippen molar-refractivity contribution in [3.8, 4) is 0 Å². The fourth-order valence-corrected chi connectivity index (χ4v) is 4.22. The molecular formula is C18H27N7O2. The quantitative estimate of drug-likeness (QED) is 0.862. The lowest BCUT2D eigenvalue weighted by Crippen LogP contribution is -2.40. The van der Waals surface area contributed by atoms with E-state index in [9.17, 15) is 9.59 Å². The molecule has 0 saturated carbocycles. The van der Waals surface area contributed by atoms with Crippen molar-refractivity contribution in [1.29, 1.82) is 0 Å². The molecular weight excluding hydrogens is 346 g/mol. The van der Waals surface area contributed by atoms with Crippen molar-refractivity contribution in [2.75, 3.05) is 13.1 Å². The van der Waals surface area contributed by atoms with Crippen LogP contribution in [0.3, 0.4) is 0 Å². The Morgan fingerprint density at radius 2 is 1.96 bits per heavy atom. The normalized spacial score (nSPS) is 18.3. The van der Waals surface area contributed by atoms with Gasteiger partial charge in [-0.15, -0.1) is 10.2 Å². The molecule has 1 saturated heterocycles. The van der Waals surface area contributed by atoms with Crippen LogP contribution in [0.15, 0.2) is 4.79 Å². The van der Waals surface area contributed by atoms with E-state index in [2.05, 4.69) is 20.4 Å². The molecule has 0 aromatic carbocycles. The molecule has 27 heavy (non-hydrogen) atoms. The third-order valence-corrected chi connectivity index (χ3v) is 5.83. The number of amides is 1. The maximum atomic E-state index is 13.0. The number of aromatic nitrogens is 6. The molecule has 0 atom stereocenters. The maximum Gasteiger partial charge on any atom is 0.343 e. The Morgan fingerprint density at radius 3 is 2.74 bits per heavy atom. The molecule has 2 aromatic rings. The van der Waals surface area contributed by atoms with Crippen molar-refractivity contribution in [2.24, 2.45) is 5.92 Å². The Morgan fingerprint density at radius 1 is 1.15 bits per heavy atom. The number of likely N-dealkylation sites (tertiary alicyclic amines) is 1. The van der Waals surface area contributed by atoms with Gasteiger partial charge in [0.05, 0.1) is 0 Å². The largest absolute Gasteiger partial charge is 0.343 e. The third-order valence-electron chi connectivity index (χ3n) is 5.83. The van der Waals surface area contributed by atoms with E-state index < -0.39 is 0 Å². The van der Waals surface area contributed by atoms with Crippen LogP contribution in [0.25, 0.3) is 0 Å². The topological polar surface area (TPSA) is 102 Å². The van der Waals surface area contributed by atoms with Crippen molar-refractivity contribution >= 4 is 5.91 Å². The number of piperidine rings is 1. The minimum atomic E-state index is -0.146. The first-order chi connectivity index (χ1) is 13.2. The van der Waals surface area contributed by atoms with Crippen LogP contribution in [0.4, 0.5) is 0 Å². The van der Waals surface area contributed by atoms with E-state index in [1.54, 1.807) is 4.57 Å². The van der Waals surface area contributed by atoms with Crippen LogP contribution in [0.5, 0.6) is 0 Å². The van der Waals surface area contributed by atoms with Crippen LogP contribution in [0.2, 0.25) is 0 Å². The van der Waals surface area contributed by atoms with Crippen molar-refractivity contribution < 1.29 is 4.79 Å². The van der Waals surface area contributed by atoms with Crippen LogP contribution in [0.1, 0.15) is 61.3 Å². The number of hydrogen-bond acceptors (Lipinski definition) is 5. The molecule has 1 N–H and O–H groups in total. The van der Waals surface area contributed by atoms with Crippen molar-refractivity contribution in [1.82, 2.24) is 34.4 Å². The van der Waals surface area contributed by atoms with Crippen molar-refractivity contribution in [3.05, 3.63) is 28.0 Å². The predicted molar refractivity (Wildman–Crippen MR) is 98.4 cm³/mol. The molecule has 4 rings (SSSR count). The summed E-state index contributed by atoms with van der Waals surface area (Å²) in [6, 6.07) is 0.